The zero-order chi connectivity index (χ0) is 17.6. The number of benzene rings is 1. The number of aryl methyl sites for hydroxylation is 2. The number of aromatic nitrogens is 2. The molecular formula is C19H25N5S. The van der Waals surface area contributed by atoms with Crippen molar-refractivity contribution in [2.75, 3.05) is 6.54 Å². The Morgan fingerprint density at radius 1 is 1.12 bits per heavy atom. The molecular weight excluding hydrogens is 330 g/mol. The summed E-state index contributed by atoms with van der Waals surface area (Å²) in [4.78, 5) is 12.1. The third-order valence-electron chi connectivity index (χ3n) is 4.10. The number of guanidine groups is 1. The highest BCUT2D eigenvalue weighted by Gasteiger charge is 2.07. The van der Waals surface area contributed by atoms with Crippen LogP contribution >= 0.6 is 11.3 Å². The van der Waals surface area contributed by atoms with Crippen molar-refractivity contribution in [2.24, 2.45) is 12.0 Å². The first-order chi connectivity index (χ1) is 12.2. The van der Waals surface area contributed by atoms with E-state index in [1.165, 1.54) is 9.75 Å². The van der Waals surface area contributed by atoms with Gasteiger partial charge in [-0.15, -0.1) is 11.3 Å². The highest BCUT2D eigenvalue weighted by Crippen LogP contribution is 2.17. The number of hydrogen-bond donors (Lipinski definition) is 2. The maximum Gasteiger partial charge on any atom is 0.191 e. The first-order valence-corrected chi connectivity index (χ1v) is 9.53. The minimum atomic E-state index is 0.547. The van der Waals surface area contributed by atoms with Gasteiger partial charge in [0.1, 0.15) is 12.4 Å². The lowest BCUT2D eigenvalue weighted by atomic mass is 10.3. The minimum Gasteiger partial charge on any atom is -0.357 e. The largest absolute Gasteiger partial charge is 0.357 e. The first kappa shape index (κ1) is 17.5. The summed E-state index contributed by atoms with van der Waals surface area (Å²) in [6, 6.07) is 12.6. The minimum absolute atomic E-state index is 0.547. The third kappa shape index (κ3) is 4.20. The number of para-hydroxylation sites is 2. The van der Waals surface area contributed by atoms with E-state index < -0.39 is 0 Å². The van der Waals surface area contributed by atoms with Crippen molar-refractivity contribution in [1.29, 1.82) is 0 Å². The van der Waals surface area contributed by atoms with Gasteiger partial charge in [-0.2, -0.15) is 0 Å². The van der Waals surface area contributed by atoms with E-state index in [1.807, 2.05) is 36.6 Å². The number of aliphatic imine (C=N–C) groups is 1. The topological polar surface area (TPSA) is 54.2 Å². The second-order valence-electron chi connectivity index (χ2n) is 5.85. The lowest BCUT2D eigenvalue weighted by Crippen LogP contribution is -2.36. The summed E-state index contributed by atoms with van der Waals surface area (Å²) in [5.41, 5.74) is 2.15. The molecule has 0 radical (unpaired) electrons. The number of hydrogen-bond acceptors (Lipinski definition) is 3. The van der Waals surface area contributed by atoms with Gasteiger partial charge in [-0.25, -0.2) is 9.98 Å². The fraction of sp³-hybridized carbons (Fsp3) is 0.368. The van der Waals surface area contributed by atoms with Gasteiger partial charge in [0.2, 0.25) is 0 Å². The van der Waals surface area contributed by atoms with Crippen molar-refractivity contribution in [2.45, 2.75) is 33.4 Å². The van der Waals surface area contributed by atoms with Gasteiger partial charge in [0.05, 0.1) is 17.6 Å². The second-order valence-corrected chi connectivity index (χ2v) is 7.10. The van der Waals surface area contributed by atoms with Crippen molar-refractivity contribution in [3.05, 3.63) is 52.0 Å². The van der Waals surface area contributed by atoms with Gasteiger partial charge in [0, 0.05) is 23.3 Å². The highest BCUT2D eigenvalue weighted by atomic mass is 32.1. The van der Waals surface area contributed by atoms with Crippen LogP contribution in [0.3, 0.4) is 0 Å². The van der Waals surface area contributed by atoms with Crippen molar-refractivity contribution in [1.82, 2.24) is 20.2 Å². The maximum absolute atomic E-state index is 4.70. The first-order valence-electron chi connectivity index (χ1n) is 8.71. The molecule has 0 bridgehead atoms. The van der Waals surface area contributed by atoms with Gasteiger partial charge in [-0.3, -0.25) is 0 Å². The molecule has 0 aliphatic rings. The van der Waals surface area contributed by atoms with E-state index >= 15 is 0 Å². The Bertz CT molecular complexity index is 862. The quantitative estimate of drug-likeness (QED) is 0.526. The number of imidazole rings is 1. The molecule has 2 N–H and O–H groups in total. The van der Waals surface area contributed by atoms with Crippen LogP contribution in [-0.2, 0) is 26.6 Å². The lowest BCUT2D eigenvalue weighted by molar-refractivity contribution is 0.781. The summed E-state index contributed by atoms with van der Waals surface area (Å²) >= 11 is 1.85. The fourth-order valence-corrected chi connectivity index (χ4v) is 3.60. The molecule has 2 heterocycles. The molecule has 3 rings (SSSR count). The Balaban J connectivity index is 1.69. The van der Waals surface area contributed by atoms with Gasteiger partial charge in [-0.1, -0.05) is 19.1 Å². The van der Waals surface area contributed by atoms with E-state index in [1.54, 1.807) is 0 Å². The van der Waals surface area contributed by atoms with Crippen LogP contribution in [0.5, 0.6) is 0 Å². The molecule has 132 valence electrons. The summed E-state index contributed by atoms with van der Waals surface area (Å²) in [5, 5.41) is 6.71. The van der Waals surface area contributed by atoms with Gasteiger partial charge in [-0.05, 0) is 37.6 Å². The van der Waals surface area contributed by atoms with Crippen LogP contribution in [0, 0.1) is 0 Å². The van der Waals surface area contributed by atoms with E-state index in [-0.39, 0.29) is 0 Å². The number of nitrogens with one attached hydrogen (secondary N) is 2. The van der Waals surface area contributed by atoms with Gasteiger partial charge < -0.3 is 15.2 Å². The molecule has 3 aromatic rings. The van der Waals surface area contributed by atoms with Crippen LogP contribution in [-0.4, -0.2) is 22.1 Å². The van der Waals surface area contributed by atoms with Crippen molar-refractivity contribution < 1.29 is 0 Å². The molecule has 0 aliphatic carbocycles. The Labute approximate surface area is 152 Å². The molecule has 25 heavy (non-hydrogen) atoms. The Morgan fingerprint density at radius 3 is 2.64 bits per heavy atom. The summed E-state index contributed by atoms with van der Waals surface area (Å²) in [6.45, 7) is 6.43. The zero-order valence-corrected chi connectivity index (χ0v) is 15.9. The molecule has 0 spiro atoms. The van der Waals surface area contributed by atoms with E-state index in [0.717, 1.165) is 42.3 Å². The number of nitrogens with zero attached hydrogens (tertiary/aromatic N) is 3. The molecule has 0 saturated carbocycles. The van der Waals surface area contributed by atoms with Gasteiger partial charge in [0.15, 0.2) is 5.96 Å². The van der Waals surface area contributed by atoms with E-state index in [2.05, 4.69) is 52.2 Å². The zero-order valence-electron chi connectivity index (χ0n) is 15.0. The SMILES string of the molecule is CCNC(=NCc1nc2ccccc2n1C)NCc1ccc(CC)s1. The summed E-state index contributed by atoms with van der Waals surface area (Å²) in [6.07, 6.45) is 1.09. The summed E-state index contributed by atoms with van der Waals surface area (Å²) in [5.74, 6) is 1.78. The summed E-state index contributed by atoms with van der Waals surface area (Å²) < 4.78 is 2.11. The molecule has 0 saturated heterocycles. The molecule has 0 fully saturated rings. The van der Waals surface area contributed by atoms with Crippen LogP contribution in [0.1, 0.15) is 29.4 Å². The lowest BCUT2D eigenvalue weighted by Gasteiger charge is -2.10. The number of thiophene rings is 1. The fourth-order valence-electron chi connectivity index (χ4n) is 2.71. The Morgan fingerprint density at radius 2 is 1.92 bits per heavy atom. The number of fused-ring (bicyclic) bond motifs is 1. The van der Waals surface area contributed by atoms with E-state index in [4.69, 9.17) is 4.99 Å². The smallest absolute Gasteiger partial charge is 0.191 e. The average Bonchev–Trinajstić information content (AvgIpc) is 3.22. The van der Waals surface area contributed by atoms with E-state index in [9.17, 15) is 0 Å². The van der Waals surface area contributed by atoms with Crippen LogP contribution in [0.25, 0.3) is 11.0 Å². The Kier molecular flexibility index (Phi) is 5.71. The van der Waals surface area contributed by atoms with Gasteiger partial charge >= 0.3 is 0 Å². The monoisotopic (exact) mass is 355 g/mol. The predicted octanol–water partition coefficient (Wildman–Crippen LogP) is 3.45. The van der Waals surface area contributed by atoms with Crippen LogP contribution in [0.15, 0.2) is 41.4 Å². The average molecular weight is 356 g/mol. The molecule has 2 aromatic heterocycles. The summed E-state index contributed by atoms with van der Waals surface area (Å²) in [7, 11) is 2.04. The molecule has 5 nitrogen and oxygen atoms in total. The van der Waals surface area contributed by atoms with Crippen molar-refractivity contribution in [3.63, 3.8) is 0 Å². The third-order valence-corrected chi connectivity index (χ3v) is 5.33. The van der Waals surface area contributed by atoms with Crippen molar-refractivity contribution >= 4 is 28.3 Å². The predicted molar refractivity (Wildman–Crippen MR) is 106 cm³/mol. The van der Waals surface area contributed by atoms with Crippen LogP contribution < -0.4 is 10.6 Å². The molecule has 0 atom stereocenters. The standard InChI is InChI=1S/C19H25N5S/c1-4-14-10-11-15(25-14)12-21-19(20-5-2)22-13-18-23-16-8-6-7-9-17(16)24(18)3/h6-11H,4-5,12-13H2,1-3H3,(H2,20,21,22). The molecule has 6 heteroatoms. The second kappa shape index (κ2) is 8.16. The molecule has 0 aliphatic heterocycles. The normalized spacial score (nSPS) is 11.9. The van der Waals surface area contributed by atoms with Crippen LogP contribution in [0.2, 0.25) is 0 Å². The van der Waals surface area contributed by atoms with Gasteiger partial charge in [0.25, 0.3) is 0 Å². The molecule has 0 unspecified atom stereocenters. The van der Waals surface area contributed by atoms with Crippen molar-refractivity contribution in [3.8, 4) is 0 Å². The maximum atomic E-state index is 4.70. The molecule has 1 aromatic carbocycles. The molecule has 0 amide bonds. The van der Waals surface area contributed by atoms with E-state index in [0.29, 0.717) is 6.54 Å². The highest BCUT2D eigenvalue weighted by molar-refractivity contribution is 7.11. The Hall–Kier alpha value is -2.34. The van der Waals surface area contributed by atoms with Crippen LogP contribution in [0.4, 0.5) is 0 Å². The number of rotatable bonds is 6.